The second kappa shape index (κ2) is 8.29. The van der Waals surface area contributed by atoms with E-state index in [4.69, 9.17) is 5.73 Å². The number of rotatable bonds is 3. The summed E-state index contributed by atoms with van der Waals surface area (Å²) < 4.78 is 15.6. The zero-order valence-corrected chi connectivity index (χ0v) is 20.7. The van der Waals surface area contributed by atoms with Crippen molar-refractivity contribution in [2.75, 3.05) is 17.2 Å². The lowest BCUT2D eigenvalue weighted by Gasteiger charge is -2.47. The molecule has 1 aliphatic carbocycles. The van der Waals surface area contributed by atoms with E-state index in [0.717, 1.165) is 30.6 Å². The average molecular weight is 456 g/mol. The molecule has 174 valence electrons. The van der Waals surface area contributed by atoms with Crippen molar-refractivity contribution in [3.63, 3.8) is 0 Å². The number of hydrogen-bond acceptors (Lipinski definition) is 5. The molecule has 5 nitrogen and oxygen atoms in total. The number of nitrogens with two attached hydrogens (primary N) is 1. The van der Waals surface area contributed by atoms with Crippen molar-refractivity contribution in [2.24, 2.45) is 0 Å². The summed E-state index contributed by atoms with van der Waals surface area (Å²) in [5.41, 5.74) is 12.4. The van der Waals surface area contributed by atoms with Gasteiger partial charge in [-0.25, -0.2) is 9.37 Å². The zero-order chi connectivity index (χ0) is 24.9. The van der Waals surface area contributed by atoms with Crippen LogP contribution in [0.3, 0.4) is 0 Å². The van der Waals surface area contributed by atoms with Crippen LogP contribution in [0, 0.1) is 35.4 Å². The molecule has 0 saturated carbocycles. The maximum absolute atomic E-state index is 15.6. The van der Waals surface area contributed by atoms with Gasteiger partial charge in [0.2, 0.25) is 0 Å². The molecule has 2 aliphatic rings. The fourth-order valence-electron chi connectivity index (χ4n) is 5.63. The lowest BCUT2D eigenvalue weighted by molar-refractivity contribution is 0.375. The third-order valence-corrected chi connectivity index (χ3v) is 7.24. The summed E-state index contributed by atoms with van der Waals surface area (Å²) >= 11 is 0. The standard InChI is InChI=1S/C28H30FN5/c1-7-8-34-24-11-23(29)18(9-19(24)15(2)12-28(34,5)6)10-20-16(3)21(13-30)26-25(20)17(4)22(14-31)27(32)33-26/h9-11,15H,7-8,12H2,1-6H3,(H2,32,33)/b20-10+. The minimum absolute atomic E-state index is 0.0450. The van der Waals surface area contributed by atoms with Gasteiger partial charge in [0.25, 0.3) is 0 Å². The van der Waals surface area contributed by atoms with E-state index in [-0.39, 0.29) is 28.7 Å². The van der Waals surface area contributed by atoms with Crippen LogP contribution in [0.1, 0.15) is 86.9 Å². The van der Waals surface area contributed by atoms with Crippen LogP contribution in [-0.4, -0.2) is 17.1 Å². The third kappa shape index (κ3) is 3.46. The van der Waals surface area contributed by atoms with Gasteiger partial charge < -0.3 is 10.6 Å². The van der Waals surface area contributed by atoms with Gasteiger partial charge in [-0.1, -0.05) is 13.8 Å². The molecular weight excluding hydrogens is 425 g/mol. The van der Waals surface area contributed by atoms with Crippen molar-refractivity contribution in [1.82, 2.24) is 4.98 Å². The van der Waals surface area contributed by atoms with Crippen LogP contribution in [0.2, 0.25) is 0 Å². The van der Waals surface area contributed by atoms with E-state index in [9.17, 15) is 10.5 Å². The number of halogens is 1. The highest BCUT2D eigenvalue weighted by Crippen LogP contribution is 2.47. The summed E-state index contributed by atoms with van der Waals surface area (Å²) in [5, 5.41) is 19.4. The van der Waals surface area contributed by atoms with Gasteiger partial charge in [-0.2, -0.15) is 10.5 Å². The van der Waals surface area contributed by atoms with Gasteiger partial charge >= 0.3 is 0 Å². The molecule has 0 fully saturated rings. The molecular formula is C28H30FN5. The van der Waals surface area contributed by atoms with Crippen LogP contribution in [0.15, 0.2) is 17.7 Å². The predicted octanol–water partition coefficient (Wildman–Crippen LogP) is 6.34. The van der Waals surface area contributed by atoms with Crippen molar-refractivity contribution >= 4 is 28.7 Å². The van der Waals surface area contributed by atoms with Crippen LogP contribution in [0.4, 0.5) is 15.9 Å². The van der Waals surface area contributed by atoms with E-state index in [1.807, 2.05) is 13.0 Å². The van der Waals surface area contributed by atoms with E-state index in [0.29, 0.717) is 39.1 Å². The van der Waals surface area contributed by atoms with E-state index < -0.39 is 0 Å². The maximum Gasteiger partial charge on any atom is 0.142 e. The lowest BCUT2D eigenvalue weighted by atomic mass is 9.79. The van der Waals surface area contributed by atoms with E-state index >= 15 is 4.39 Å². The lowest BCUT2D eigenvalue weighted by Crippen LogP contribution is -2.48. The van der Waals surface area contributed by atoms with Gasteiger partial charge in [0.05, 0.1) is 16.8 Å². The summed E-state index contributed by atoms with van der Waals surface area (Å²) in [6.45, 7) is 13.3. The summed E-state index contributed by atoms with van der Waals surface area (Å²) in [7, 11) is 0. The fourth-order valence-corrected chi connectivity index (χ4v) is 5.63. The maximum atomic E-state index is 15.6. The number of fused-ring (bicyclic) bond motifs is 2. The normalized spacial score (nSPS) is 19.6. The Hall–Kier alpha value is -3.64. The Bertz CT molecular complexity index is 1350. The van der Waals surface area contributed by atoms with Gasteiger partial charge in [-0.15, -0.1) is 0 Å². The van der Waals surface area contributed by atoms with Crippen LogP contribution in [-0.2, 0) is 0 Å². The number of benzene rings is 1. The smallest absolute Gasteiger partial charge is 0.142 e. The molecule has 0 bridgehead atoms. The molecule has 4 rings (SSSR count). The molecule has 0 spiro atoms. The highest BCUT2D eigenvalue weighted by molar-refractivity contribution is 6.08. The summed E-state index contributed by atoms with van der Waals surface area (Å²) in [4.78, 5) is 6.69. The van der Waals surface area contributed by atoms with Crippen molar-refractivity contribution in [3.05, 3.63) is 57.0 Å². The Morgan fingerprint density at radius 2 is 1.97 bits per heavy atom. The van der Waals surface area contributed by atoms with Crippen LogP contribution < -0.4 is 10.6 Å². The van der Waals surface area contributed by atoms with Crippen molar-refractivity contribution in [3.8, 4) is 12.1 Å². The van der Waals surface area contributed by atoms with E-state index in [2.05, 4.69) is 49.7 Å². The molecule has 2 heterocycles. The summed E-state index contributed by atoms with van der Waals surface area (Å²) in [6.07, 6.45) is 3.76. The second-order valence-electron chi connectivity index (χ2n) is 10.0. The molecule has 0 amide bonds. The Balaban J connectivity index is 1.94. The van der Waals surface area contributed by atoms with Crippen LogP contribution in [0.25, 0.3) is 17.2 Å². The minimum Gasteiger partial charge on any atom is -0.383 e. The number of aromatic nitrogens is 1. The first-order valence-electron chi connectivity index (χ1n) is 11.7. The molecule has 1 unspecified atom stereocenters. The average Bonchev–Trinajstić information content (AvgIpc) is 3.02. The molecule has 1 aliphatic heterocycles. The fraction of sp³-hybridized carbons (Fsp3) is 0.393. The second-order valence-corrected chi connectivity index (χ2v) is 10.0. The number of anilines is 2. The molecule has 34 heavy (non-hydrogen) atoms. The monoisotopic (exact) mass is 455 g/mol. The highest BCUT2D eigenvalue weighted by Gasteiger charge is 2.37. The molecule has 1 atom stereocenters. The van der Waals surface area contributed by atoms with Gasteiger partial charge in [-0.05, 0) is 86.9 Å². The Morgan fingerprint density at radius 3 is 2.59 bits per heavy atom. The molecule has 0 saturated heterocycles. The van der Waals surface area contributed by atoms with Gasteiger partial charge in [0.15, 0.2) is 0 Å². The first-order chi connectivity index (χ1) is 16.0. The van der Waals surface area contributed by atoms with E-state index in [1.165, 1.54) is 0 Å². The number of nitrogen functional groups attached to an aromatic ring is 1. The first kappa shape index (κ1) is 23.5. The first-order valence-corrected chi connectivity index (χ1v) is 11.7. The number of pyridine rings is 1. The number of nitriles is 2. The summed E-state index contributed by atoms with van der Waals surface area (Å²) in [5.74, 6) is 0.0814. The third-order valence-electron chi connectivity index (χ3n) is 7.24. The molecule has 1 aromatic carbocycles. The molecule has 6 heteroatoms. The number of allylic oxidation sites excluding steroid dienone is 3. The molecule has 2 N–H and O–H groups in total. The Labute approximate surface area is 201 Å². The Kier molecular flexibility index (Phi) is 5.74. The zero-order valence-electron chi connectivity index (χ0n) is 20.7. The quantitative estimate of drug-likeness (QED) is 0.583. The van der Waals surface area contributed by atoms with Gasteiger partial charge in [-0.3, -0.25) is 0 Å². The van der Waals surface area contributed by atoms with Crippen molar-refractivity contribution in [2.45, 2.75) is 65.8 Å². The van der Waals surface area contributed by atoms with Crippen LogP contribution in [0.5, 0.6) is 0 Å². The Morgan fingerprint density at radius 1 is 1.26 bits per heavy atom. The van der Waals surface area contributed by atoms with Crippen molar-refractivity contribution < 1.29 is 4.39 Å². The SMILES string of the molecule is CCCN1c2cc(F)c(/C=C3\C(C)=C(C#N)c4nc(N)c(C#N)c(C)c43)cc2C(C)CC1(C)C. The summed E-state index contributed by atoms with van der Waals surface area (Å²) in [6, 6.07) is 7.93. The molecule has 1 aromatic heterocycles. The van der Waals surface area contributed by atoms with Crippen LogP contribution >= 0.6 is 0 Å². The predicted molar refractivity (Wildman–Crippen MR) is 135 cm³/mol. The van der Waals surface area contributed by atoms with Gasteiger partial charge in [0, 0.05) is 28.9 Å². The van der Waals surface area contributed by atoms with Crippen molar-refractivity contribution in [1.29, 1.82) is 10.5 Å². The highest BCUT2D eigenvalue weighted by atomic mass is 19.1. The number of hydrogen-bond donors (Lipinski definition) is 1. The topological polar surface area (TPSA) is 89.7 Å². The minimum atomic E-state index is -0.307. The molecule has 0 radical (unpaired) electrons. The van der Waals surface area contributed by atoms with E-state index in [1.54, 1.807) is 19.1 Å². The number of nitrogens with zero attached hydrogens (tertiary/aromatic N) is 4. The van der Waals surface area contributed by atoms with Gasteiger partial charge in [0.1, 0.15) is 23.8 Å². The largest absolute Gasteiger partial charge is 0.383 e. The molecule has 2 aromatic rings.